The highest BCUT2D eigenvalue weighted by molar-refractivity contribution is 5.92. The van der Waals surface area contributed by atoms with E-state index in [1.54, 1.807) is 18.3 Å². The van der Waals surface area contributed by atoms with Gasteiger partial charge in [-0.15, -0.1) is 0 Å². The van der Waals surface area contributed by atoms with Crippen molar-refractivity contribution >= 4 is 23.1 Å². The molecule has 0 bridgehead atoms. The highest BCUT2D eigenvalue weighted by atomic mass is 19.1. The van der Waals surface area contributed by atoms with Gasteiger partial charge in [0.2, 0.25) is 5.91 Å². The van der Waals surface area contributed by atoms with Gasteiger partial charge in [0.25, 0.3) is 0 Å². The third-order valence-electron chi connectivity index (χ3n) is 4.76. The van der Waals surface area contributed by atoms with Gasteiger partial charge in [-0.1, -0.05) is 30.3 Å². The lowest BCUT2D eigenvalue weighted by Crippen LogP contribution is -2.24. The van der Waals surface area contributed by atoms with E-state index in [9.17, 15) is 9.18 Å². The van der Waals surface area contributed by atoms with Crippen LogP contribution in [0.1, 0.15) is 18.1 Å². The van der Waals surface area contributed by atoms with Gasteiger partial charge in [-0.05, 0) is 54.8 Å². The van der Waals surface area contributed by atoms with Crippen LogP contribution in [-0.2, 0) is 17.6 Å². The van der Waals surface area contributed by atoms with Crippen molar-refractivity contribution in [2.24, 2.45) is 0 Å². The third kappa shape index (κ3) is 3.67. The van der Waals surface area contributed by atoms with E-state index in [0.717, 1.165) is 17.8 Å². The lowest BCUT2D eigenvalue weighted by atomic mass is 10.1. The Morgan fingerprint density at radius 2 is 1.93 bits per heavy atom. The number of carbonyl (C=O) groups is 1. The van der Waals surface area contributed by atoms with Crippen molar-refractivity contribution in [3.63, 3.8) is 0 Å². The van der Waals surface area contributed by atoms with Gasteiger partial charge < -0.3 is 10.2 Å². The molecule has 0 saturated carbocycles. The molecule has 5 heteroatoms. The van der Waals surface area contributed by atoms with Crippen LogP contribution >= 0.6 is 0 Å². The molecule has 0 aliphatic carbocycles. The monoisotopic (exact) mass is 361 g/mol. The maximum Gasteiger partial charge on any atom is 0.228 e. The second-order valence-corrected chi connectivity index (χ2v) is 6.81. The number of benzene rings is 2. The van der Waals surface area contributed by atoms with E-state index < -0.39 is 0 Å². The maximum absolute atomic E-state index is 12.9. The van der Waals surface area contributed by atoms with Gasteiger partial charge in [-0.3, -0.25) is 4.79 Å². The molecule has 0 fully saturated rings. The van der Waals surface area contributed by atoms with Crippen LogP contribution < -0.4 is 10.2 Å². The molecule has 1 aliphatic heterocycles. The number of fused-ring (bicyclic) bond motifs is 1. The quantitative estimate of drug-likeness (QED) is 0.745. The Morgan fingerprint density at radius 1 is 1.15 bits per heavy atom. The first-order valence-electron chi connectivity index (χ1n) is 8.97. The number of rotatable bonds is 4. The lowest BCUT2D eigenvalue weighted by Gasteiger charge is -2.24. The Balaban J connectivity index is 1.45. The van der Waals surface area contributed by atoms with Gasteiger partial charge in [0.05, 0.1) is 18.3 Å². The Kier molecular flexibility index (Phi) is 4.59. The molecule has 1 atom stereocenters. The maximum atomic E-state index is 12.9. The molecule has 4 nitrogen and oxygen atoms in total. The van der Waals surface area contributed by atoms with E-state index in [0.29, 0.717) is 11.7 Å². The summed E-state index contributed by atoms with van der Waals surface area (Å²) in [6.45, 7) is 2.18. The van der Waals surface area contributed by atoms with E-state index >= 15 is 0 Å². The van der Waals surface area contributed by atoms with E-state index in [2.05, 4.69) is 40.3 Å². The van der Waals surface area contributed by atoms with Crippen LogP contribution in [0.5, 0.6) is 0 Å². The van der Waals surface area contributed by atoms with Crippen LogP contribution in [0.4, 0.5) is 21.6 Å². The SMILES string of the molecule is CC1Cc2ccccc2N1c1ccc(NC(=O)Cc2ccc(F)cc2)cn1. The molecule has 1 N–H and O–H groups in total. The van der Waals surface area contributed by atoms with Crippen molar-refractivity contribution in [2.75, 3.05) is 10.2 Å². The minimum Gasteiger partial charge on any atom is -0.324 e. The molecule has 1 aliphatic rings. The first-order valence-corrected chi connectivity index (χ1v) is 8.97. The number of pyridine rings is 1. The fraction of sp³-hybridized carbons (Fsp3) is 0.182. The number of para-hydroxylation sites is 1. The van der Waals surface area contributed by atoms with E-state index in [1.807, 2.05) is 18.2 Å². The molecule has 1 amide bonds. The number of nitrogens with one attached hydrogen (secondary N) is 1. The Hall–Kier alpha value is -3.21. The molecular formula is C22H20FN3O. The summed E-state index contributed by atoms with van der Waals surface area (Å²) in [6, 6.07) is 18.4. The van der Waals surface area contributed by atoms with Crippen molar-refractivity contribution in [1.29, 1.82) is 0 Å². The van der Waals surface area contributed by atoms with E-state index in [1.165, 1.54) is 23.4 Å². The first kappa shape index (κ1) is 17.2. The smallest absolute Gasteiger partial charge is 0.228 e. The number of hydrogen-bond acceptors (Lipinski definition) is 3. The summed E-state index contributed by atoms with van der Waals surface area (Å²) in [4.78, 5) is 18.9. The number of amides is 1. The first-order chi connectivity index (χ1) is 13.1. The molecule has 136 valence electrons. The summed E-state index contributed by atoms with van der Waals surface area (Å²) >= 11 is 0. The van der Waals surface area contributed by atoms with E-state index in [4.69, 9.17) is 0 Å². The van der Waals surface area contributed by atoms with Gasteiger partial charge in [-0.25, -0.2) is 9.37 Å². The molecule has 3 aromatic rings. The molecule has 1 unspecified atom stereocenters. The standard InChI is InChI=1S/C22H20FN3O/c1-15-12-17-4-2-3-5-20(17)26(15)21-11-10-19(14-24-21)25-22(27)13-16-6-8-18(23)9-7-16/h2-11,14-15H,12-13H2,1H3,(H,25,27). The van der Waals surface area contributed by atoms with E-state index in [-0.39, 0.29) is 18.1 Å². The number of aromatic nitrogens is 1. The fourth-order valence-corrected chi connectivity index (χ4v) is 3.51. The average Bonchev–Trinajstić information content (AvgIpc) is 3.00. The highest BCUT2D eigenvalue weighted by Crippen LogP contribution is 2.37. The minimum atomic E-state index is -0.309. The Bertz CT molecular complexity index is 954. The molecule has 4 rings (SSSR count). The van der Waals surface area contributed by atoms with Gasteiger partial charge in [0.1, 0.15) is 11.6 Å². The normalized spacial score (nSPS) is 15.5. The predicted octanol–water partition coefficient (Wildman–Crippen LogP) is 4.48. The van der Waals surface area contributed by atoms with Crippen LogP contribution in [0.3, 0.4) is 0 Å². The van der Waals surface area contributed by atoms with Crippen LogP contribution in [-0.4, -0.2) is 16.9 Å². The summed E-state index contributed by atoms with van der Waals surface area (Å²) in [5.74, 6) is 0.400. The predicted molar refractivity (Wildman–Crippen MR) is 105 cm³/mol. The third-order valence-corrected chi connectivity index (χ3v) is 4.76. The van der Waals surface area contributed by atoms with Crippen molar-refractivity contribution in [2.45, 2.75) is 25.8 Å². The number of anilines is 3. The Morgan fingerprint density at radius 3 is 2.67 bits per heavy atom. The number of hydrogen-bond donors (Lipinski definition) is 1. The summed E-state index contributed by atoms with van der Waals surface area (Å²) < 4.78 is 12.9. The van der Waals surface area contributed by atoms with Crippen LogP contribution in [0, 0.1) is 5.82 Å². The topological polar surface area (TPSA) is 45.2 Å². The van der Waals surface area contributed by atoms with Gasteiger partial charge >= 0.3 is 0 Å². The Labute approximate surface area is 157 Å². The van der Waals surface area contributed by atoms with Crippen molar-refractivity contribution < 1.29 is 9.18 Å². The van der Waals surface area contributed by atoms with Crippen molar-refractivity contribution in [1.82, 2.24) is 4.98 Å². The average molecular weight is 361 g/mol. The molecular weight excluding hydrogens is 341 g/mol. The largest absolute Gasteiger partial charge is 0.324 e. The summed E-state index contributed by atoms with van der Waals surface area (Å²) in [6.07, 6.45) is 2.86. The van der Waals surface area contributed by atoms with Crippen LogP contribution in [0.25, 0.3) is 0 Å². The molecule has 0 spiro atoms. The zero-order valence-corrected chi connectivity index (χ0v) is 15.0. The molecule has 0 saturated heterocycles. The summed E-state index contributed by atoms with van der Waals surface area (Å²) in [5, 5.41) is 2.84. The minimum absolute atomic E-state index is 0.156. The van der Waals surface area contributed by atoms with Crippen LogP contribution in [0.15, 0.2) is 66.9 Å². The van der Waals surface area contributed by atoms with Crippen LogP contribution in [0.2, 0.25) is 0 Å². The summed E-state index contributed by atoms with van der Waals surface area (Å²) in [7, 11) is 0. The molecule has 27 heavy (non-hydrogen) atoms. The second kappa shape index (κ2) is 7.19. The number of halogens is 1. The van der Waals surface area contributed by atoms with Crippen molar-refractivity contribution in [3.05, 3.63) is 83.8 Å². The van der Waals surface area contributed by atoms with Gasteiger partial charge in [-0.2, -0.15) is 0 Å². The second-order valence-electron chi connectivity index (χ2n) is 6.81. The molecule has 0 radical (unpaired) electrons. The van der Waals surface area contributed by atoms with Crippen molar-refractivity contribution in [3.8, 4) is 0 Å². The lowest BCUT2D eigenvalue weighted by molar-refractivity contribution is -0.115. The molecule has 1 aromatic heterocycles. The van der Waals surface area contributed by atoms with Gasteiger partial charge in [0.15, 0.2) is 0 Å². The molecule has 2 heterocycles. The number of nitrogens with zero attached hydrogens (tertiary/aromatic N) is 2. The van der Waals surface area contributed by atoms with Gasteiger partial charge in [0, 0.05) is 11.7 Å². The summed E-state index contributed by atoms with van der Waals surface area (Å²) in [5.41, 5.74) is 3.92. The zero-order chi connectivity index (χ0) is 18.8. The molecule has 2 aromatic carbocycles. The zero-order valence-electron chi connectivity index (χ0n) is 15.0. The highest BCUT2D eigenvalue weighted by Gasteiger charge is 2.27. The fourth-order valence-electron chi connectivity index (χ4n) is 3.51. The number of carbonyl (C=O) groups excluding carboxylic acids is 1.